The maximum absolute atomic E-state index is 10.8. The highest BCUT2D eigenvalue weighted by Crippen LogP contribution is 2.19. The van der Waals surface area contributed by atoms with Crippen LogP contribution in [0.15, 0.2) is 18.2 Å². The molecule has 2 N–H and O–H groups in total. The number of carboxylic acid groups (broad SMARTS) is 1. The number of aryl methyl sites for hydroxylation is 1. The molecule has 5 heteroatoms. The van der Waals surface area contributed by atoms with Gasteiger partial charge in [-0.2, -0.15) is 0 Å². The monoisotopic (exact) mass is 213 g/mol. The van der Waals surface area contributed by atoms with Crippen molar-refractivity contribution in [2.75, 3.05) is 5.32 Å². The lowest BCUT2D eigenvalue weighted by molar-refractivity contribution is -0.147. The molecule has 74 valence electrons. The summed E-state index contributed by atoms with van der Waals surface area (Å²) in [6.45, 7) is 1.73. The van der Waals surface area contributed by atoms with Crippen molar-refractivity contribution in [3.05, 3.63) is 28.8 Å². The Kier molecular flexibility index (Phi) is 3.09. The largest absolute Gasteiger partial charge is 0.474 e. The van der Waals surface area contributed by atoms with Crippen LogP contribution >= 0.6 is 11.6 Å². The summed E-state index contributed by atoms with van der Waals surface area (Å²) in [5.74, 6) is -2.57. The first-order valence-corrected chi connectivity index (χ1v) is 4.19. The predicted molar refractivity (Wildman–Crippen MR) is 52.5 cm³/mol. The first kappa shape index (κ1) is 10.5. The maximum atomic E-state index is 10.8. The lowest BCUT2D eigenvalue weighted by atomic mass is 10.2. The second-order valence-electron chi connectivity index (χ2n) is 2.72. The molecule has 0 saturated heterocycles. The van der Waals surface area contributed by atoms with E-state index in [4.69, 9.17) is 16.7 Å². The van der Waals surface area contributed by atoms with Crippen LogP contribution in [0, 0.1) is 6.92 Å². The molecule has 0 atom stereocenters. The zero-order chi connectivity index (χ0) is 10.7. The Hall–Kier alpha value is -1.55. The quantitative estimate of drug-likeness (QED) is 0.698. The first-order valence-electron chi connectivity index (χ1n) is 3.81. The summed E-state index contributed by atoms with van der Waals surface area (Å²) >= 11 is 5.69. The van der Waals surface area contributed by atoms with E-state index in [1.54, 1.807) is 25.1 Å². The fourth-order valence-electron chi connectivity index (χ4n) is 0.943. The molecule has 0 radical (unpaired) electrons. The number of aliphatic carboxylic acids is 1. The summed E-state index contributed by atoms with van der Waals surface area (Å²) in [4.78, 5) is 21.0. The van der Waals surface area contributed by atoms with E-state index in [1.807, 2.05) is 0 Å². The van der Waals surface area contributed by atoms with Gasteiger partial charge < -0.3 is 10.4 Å². The Morgan fingerprint density at radius 3 is 2.57 bits per heavy atom. The Morgan fingerprint density at radius 1 is 1.43 bits per heavy atom. The van der Waals surface area contributed by atoms with E-state index < -0.39 is 11.9 Å². The van der Waals surface area contributed by atoms with Crippen molar-refractivity contribution in [1.29, 1.82) is 0 Å². The van der Waals surface area contributed by atoms with Gasteiger partial charge in [0.25, 0.3) is 0 Å². The molecule has 0 aliphatic rings. The molecule has 0 unspecified atom stereocenters. The molecule has 0 heterocycles. The van der Waals surface area contributed by atoms with Gasteiger partial charge in [0, 0.05) is 10.7 Å². The fourth-order valence-corrected chi connectivity index (χ4v) is 1.17. The maximum Gasteiger partial charge on any atom is 0.394 e. The van der Waals surface area contributed by atoms with Crippen molar-refractivity contribution >= 4 is 29.2 Å². The van der Waals surface area contributed by atoms with Gasteiger partial charge in [0.1, 0.15) is 0 Å². The minimum atomic E-state index is -1.51. The zero-order valence-corrected chi connectivity index (χ0v) is 8.13. The number of carbonyl (C=O) groups excluding carboxylic acids is 1. The number of hydrogen-bond acceptors (Lipinski definition) is 2. The second-order valence-corrected chi connectivity index (χ2v) is 3.15. The highest BCUT2D eigenvalue weighted by molar-refractivity contribution is 6.36. The number of carboxylic acids is 1. The highest BCUT2D eigenvalue weighted by Gasteiger charge is 2.11. The van der Waals surface area contributed by atoms with Gasteiger partial charge in [-0.25, -0.2) is 4.79 Å². The molecule has 0 aliphatic heterocycles. The van der Waals surface area contributed by atoms with Crippen LogP contribution < -0.4 is 5.32 Å². The third kappa shape index (κ3) is 2.47. The molecule has 0 saturated carbocycles. The van der Waals surface area contributed by atoms with Crippen LogP contribution in [0.5, 0.6) is 0 Å². The number of hydrogen-bond donors (Lipinski definition) is 2. The van der Waals surface area contributed by atoms with E-state index in [9.17, 15) is 9.59 Å². The van der Waals surface area contributed by atoms with Crippen LogP contribution in [0.1, 0.15) is 5.56 Å². The number of benzene rings is 1. The number of amides is 1. The molecule has 14 heavy (non-hydrogen) atoms. The van der Waals surface area contributed by atoms with E-state index in [0.29, 0.717) is 16.3 Å². The van der Waals surface area contributed by atoms with E-state index >= 15 is 0 Å². The molecule has 0 aromatic heterocycles. The molecule has 1 aromatic rings. The third-order valence-corrected chi connectivity index (χ3v) is 1.87. The number of rotatable bonds is 1. The summed E-state index contributed by atoms with van der Waals surface area (Å²) < 4.78 is 0. The smallest absolute Gasteiger partial charge is 0.394 e. The van der Waals surface area contributed by atoms with Crippen molar-refractivity contribution in [2.24, 2.45) is 0 Å². The molecule has 1 amide bonds. The van der Waals surface area contributed by atoms with E-state index in [0.717, 1.165) is 0 Å². The van der Waals surface area contributed by atoms with Gasteiger partial charge in [-0.3, -0.25) is 4.79 Å². The van der Waals surface area contributed by atoms with Crippen LogP contribution in [-0.4, -0.2) is 17.0 Å². The summed E-state index contributed by atoms with van der Waals surface area (Å²) in [6, 6.07) is 4.77. The average Bonchev–Trinajstić information content (AvgIpc) is 2.09. The number of halogens is 1. The molecule has 0 bridgehead atoms. The van der Waals surface area contributed by atoms with Crippen LogP contribution in [0.2, 0.25) is 5.02 Å². The number of anilines is 1. The SMILES string of the molecule is Cc1cc(Cl)ccc1NC(=O)C(=O)O. The number of carbonyl (C=O) groups is 2. The molecule has 0 fully saturated rings. The van der Waals surface area contributed by atoms with Crippen LogP contribution in [0.4, 0.5) is 5.69 Å². The van der Waals surface area contributed by atoms with Gasteiger partial charge in [0.2, 0.25) is 0 Å². The first-order chi connectivity index (χ1) is 6.50. The number of nitrogens with one attached hydrogen (secondary N) is 1. The van der Waals surface area contributed by atoms with Gasteiger partial charge >= 0.3 is 11.9 Å². The highest BCUT2D eigenvalue weighted by atomic mass is 35.5. The normalized spacial score (nSPS) is 9.57. The van der Waals surface area contributed by atoms with Gasteiger partial charge in [0.05, 0.1) is 0 Å². The van der Waals surface area contributed by atoms with Crippen molar-refractivity contribution < 1.29 is 14.7 Å². The Balaban J connectivity index is 2.87. The Labute approximate surface area is 85.5 Å². The minimum absolute atomic E-state index is 0.446. The lowest BCUT2D eigenvalue weighted by Crippen LogP contribution is -2.22. The standard InChI is InChI=1S/C9H8ClNO3/c1-5-4-6(10)2-3-7(5)11-8(12)9(13)14/h2-4H,1H3,(H,11,12)(H,13,14). The Morgan fingerprint density at radius 2 is 2.07 bits per heavy atom. The summed E-state index contributed by atoms with van der Waals surface area (Å²) in [6.07, 6.45) is 0. The van der Waals surface area contributed by atoms with E-state index in [-0.39, 0.29) is 0 Å². The average molecular weight is 214 g/mol. The van der Waals surface area contributed by atoms with Crippen molar-refractivity contribution in [3.63, 3.8) is 0 Å². The van der Waals surface area contributed by atoms with Crippen molar-refractivity contribution in [1.82, 2.24) is 0 Å². The van der Waals surface area contributed by atoms with E-state index in [1.165, 1.54) is 0 Å². The molecule has 0 aliphatic carbocycles. The van der Waals surface area contributed by atoms with Crippen LogP contribution in [0.25, 0.3) is 0 Å². The molecule has 1 aromatic carbocycles. The predicted octanol–water partition coefficient (Wildman–Crippen LogP) is 1.67. The summed E-state index contributed by atoms with van der Waals surface area (Å²) in [5.41, 5.74) is 1.16. The van der Waals surface area contributed by atoms with Gasteiger partial charge in [0.15, 0.2) is 0 Å². The second kappa shape index (κ2) is 4.11. The van der Waals surface area contributed by atoms with Gasteiger partial charge in [-0.15, -0.1) is 0 Å². The molecule has 0 spiro atoms. The molecular formula is C9H8ClNO3. The molecule has 4 nitrogen and oxygen atoms in total. The minimum Gasteiger partial charge on any atom is -0.474 e. The third-order valence-electron chi connectivity index (χ3n) is 1.63. The van der Waals surface area contributed by atoms with Gasteiger partial charge in [-0.05, 0) is 30.7 Å². The fraction of sp³-hybridized carbons (Fsp3) is 0.111. The van der Waals surface area contributed by atoms with Crippen molar-refractivity contribution in [3.8, 4) is 0 Å². The van der Waals surface area contributed by atoms with Crippen molar-refractivity contribution in [2.45, 2.75) is 6.92 Å². The van der Waals surface area contributed by atoms with Crippen LogP contribution in [0.3, 0.4) is 0 Å². The zero-order valence-electron chi connectivity index (χ0n) is 7.37. The molecular weight excluding hydrogens is 206 g/mol. The van der Waals surface area contributed by atoms with E-state index in [2.05, 4.69) is 5.32 Å². The van der Waals surface area contributed by atoms with Gasteiger partial charge in [-0.1, -0.05) is 11.6 Å². The van der Waals surface area contributed by atoms with Crippen LogP contribution in [-0.2, 0) is 9.59 Å². The summed E-state index contributed by atoms with van der Waals surface area (Å²) in [5, 5.41) is 11.1. The molecule has 1 rings (SSSR count). The topological polar surface area (TPSA) is 66.4 Å². The Bertz CT molecular complexity index is 390. The summed E-state index contributed by atoms with van der Waals surface area (Å²) in [7, 11) is 0. The lowest BCUT2D eigenvalue weighted by Gasteiger charge is -2.05.